The normalized spacial score (nSPS) is 14.1. The Bertz CT molecular complexity index is 484. The lowest BCUT2D eigenvalue weighted by atomic mass is 9.92. The molecule has 0 aromatic heterocycles. The molecule has 22 heavy (non-hydrogen) atoms. The van der Waals surface area contributed by atoms with E-state index in [1.807, 2.05) is 12.1 Å². The third kappa shape index (κ3) is 8.27. The average molecular weight is 394 g/mol. The van der Waals surface area contributed by atoms with Crippen LogP contribution < -0.4 is 9.46 Å². The molecule has 1 aromatic rings. The lowest BCUT2D eigenvalue weighted by molar-refractivity contribution is 0.0452. The molecule has 4 nitrogen and oxygen atoms in total. The van der Waals surface area contributed by atoms with Crippen LogP contribution in [0, 0.1) is 5.92 Å². The molecule has 1 rings (SSSR count). The first kappa shape index (κ1) is 21.6. The summed E-state index contributed by atoms with van der Waals surface area (Å²) in [5.41, 5.74) is -0.311. The molecule has 0 heterocycles. The van der Waals surface area contributed by atoms with Gasteiger partial charge in [-0.3, -0.25) is 0 Å². The molecule has 2 N–H and O–H groups in total. The molecule has 0 aliphatic carbocycles. The van der Waals surface area contributed by atoms with Crippen molar-refractivity contribution in [3.63, 3.8) is 0 Å². The number of rotatable bonds is 5. The summed E-state index contributed by atoms with van der Waals surface area (Å²) in [6.45, 7) is 9.83. The van der Waals surface area contributed by atoms with Gasteiger partial charge in [-0.25, -0.2) is 8.93 Å². The number of hydrogen-bond acceptors (Lipinski definition) is 3. The Hall–Kier alpha value is -0.430. The molecule has 0 fully saturated rings. The van der Waals surface area contributed by atoms with Crippen LogP contribution in [0.3, 0.4) is 0 Å². The van der Waals surface area contributed by atoms with Crippen LogP contribution >= 0.6 is 15.9 Å². The fourth-order valence-corrected chi connectivity index (χ4v) is 2.81. The lowest BCUT2D eigenvalue weighted by Gasteiger charge is -2.30. The van der Waals surface area contributed by atoms with Crippen molar-refractivity contribution >= 4 is 26.9 Å². The van der Waals surface area contributed by atoms with Crippen LogP contribution in [-0.4, -0.2) is 28.3 Å². The second-order valence-corrected chi connectivity index (χ2v) is 8.34. The Labute approximate surface area is 145 Å². The van der Waals surface area contributed by atoms with Gasteiger partial charge in [-0.15, -0.1) is 0 Å². The van der Waals surface area contributed by atoms with Crippen molar-refractivity contribution < 1.29 is 14.1 Å². The number of hydrogen-bond donors (Lipinski definition) is 2. The molecule has 1 aromatic carbocycles. The fourth-order valence-electron chi connectivity index (χ4n) is 1.68. The Kier molecular flexibility index (Phi) is 9.46. The van der Waals surface area contributed by atoms with Gasteiger partial charge in [0.15, 0.2) is 0 Å². The topological polar surface area (TPSA) is 58.6 Å². The molecule has 128 valence electrons. The number of ether oxygens (including phenoxy) is 1. The Morgan fingerprint density at radius 1 is 1.32 bits per heavy atom. The van der Waals surface area contributed by atoms with Crippen molar-refractivity contribution in [2.45, 2.75) is 46.3 Å². The van der Waals surface area contributed by atoms with Crippen molar-refractivity contribution in [1.82, 2.24) is 4.72 Å². The summed E-state index contributed by atoms with van der Waals surface area (Å²) in [4.78, 5) is 0. The molecular formula is C16H28BrNO3S. The van der Waals surface area contributed by atoms with Crippen molar-refractivity contribution in [3.05, 3.63) is 28.2 Å². The predicted molar refractivity (Wildman–Crippen MR) is 97.4 cm³/mol. The zero-order valence-corrected chi connectivity index (χ0v) is 16.8. The van der Waals surface area contributed by atoms with Gasteiger partial charge >= 0.3 is 0 Å². The second kappa shape index (κ2) is 9.65. The standard InChI is InChI=1S/C12H18BrNO3S.C4H10/c1-12(2,15)11(14-18(4)16)9-7-8(13)5-6-10(9)17-3;1-4(2)3/h5-7,11,14-15H,1-4H3;4H,1-3H3. The van der Waals surface area contributed by atoms with Crippen LogP contribution in [-0.2, 0) is 11.0 Å². The van der Waals surface area contributed by atoms with Gasteiger partial charge in [-0.1, -0.05) is 36.7 Å². The summed E-state index contributed by atoms with van der Waals surface area (Å²) < 4.78 is 20.4. The predicted octanol–water partition coefficient (Wildman–Crippen LogP) is 3.82. The van der Waals surface area contributed by atoms with E-state index in [1.54, 1.807) is 27.0 Å². The molecule has 2 unspecified atom stereocenters. The number of nitrogens with one attached hydrogen (secondary N) is 1. The van der Waals surface area contributed by atoms with Crippen LogP contribution in [0.2, 0.25) is 0 Å². The Morgan fingerprint density at radius 3 is 2.18 bits per heavy atom. The molecule has 0 saturated heterocycles. The summed E-state index contributed by atoms with van der Waals surface area (Å²) in [6.07, 6.45) is 1.53. The largest absolute Gasteiger partial charge is 0.496 e. The SMILES string of the molecule is CC(C)C.COc1ccc(Br)cc1C(NS(C)=O)C(C)(C)O. The molecule has 0 radical (unpaired) electrons. The molecule has 0 amide bonds. The zero-order chi connectivity index (χ0) is 17.5. The van der Waals surface area contributed by atoms with Gasteiger partial charge in [-0.05, 0) is 38.0 Å². The van der Waals surface area contributed by atoms with Crippen LogP contribution in [0.1, 0.15) is 46.2 Å². The summed E-state index contributed by atoms with van der Waals surface area (Å²) in [7, 11) is 0.326. The van der Waals surface area contributed by atoms with E-state index in [9.17, 15) is 9.32 Å². The van der Waals surface area contributed by atoms with E-state index in [-0.39, 0.29) is 0 Å². The monoisotopic (exact) mass is 393 g/mol. The highest BCUT2D eigenvalue weighted by Crippen LogP contribution is 2.34. The van der Waals surface area contributed by atoms with E-state index in [2.05, 4.69) is 41.4 Å². The minimum absolute atomic E-state index is 0.490. The van der Waals surface area contributed by atoms with Crippen molar-refractivity contribution in [2.75, 3.05) is 13.4 Å². The number of halogens is 1. The molecule has 0 bridgehead atoms. The number of methoxy groups -OCH3 is 1. The summed E-state index contributed by atoms with van der Waals surface area (Å²) in [5.74, 6) is 1.48. The maximum atomic E-state index is 11.4. The molecule has 0 aliphatic heterocycles. The first-order valence-electron chi connectivity index (χ1n) is 7.14. The Balaban J connectivity index is 0.000000980. The van der Waals surface area contributed by atoms with Gasteiger partial charge in [0.25, 0.3) is 0 Å². The average Bonchev–Trinajstić information content (AvgIpc) is 2.33. The van der Waals surface area contributed by atoms with E-state index < -0.39 is 22.6 Å². The van der Waals surface area contributed by atoms with Gasteiger partial charge in [-0.2, -0.15) is 0 Å². The minimum Gasteiger partial charge on any atom is -0.496 e. The van der Waals surface area contributed by atoms with E-state index in [1.165, 1.54) is 6.26 Å². The summed E-state index contributed by atoms with van der Waals surface area (Å²) in [5, 5.41) is 10.2. The zero-order valence-electron chi connectivity index (χ0n) is 14.4. The quantitative estimate of drug-likeness (QED) is 0.799. The second-order valence-electron chi connectivity index (χ2n) is 6.28. The molecule has 6 heteroatoms. The van der Waals surface area contributed by atoms with Gasteiger partial charge in [0.05, 0.1) is 29.7 Å². The maximum Gasteiger partial charge on any atom is 0.123 e. The van der Waals surface area contributed by atoms with Gasteiger partial charge in [0.1, 0.15) is 5.75 Å². The highest BCUT2D eigenvalue weighted by atomic mass is 79.9. The molecule has 2 atom stereocenters. The summed E-state index contributed by atoms with van der Waals surface area (Å²) >= 11 is 3.39. The van der Waals surface area contributed by atoms with Crippen LogP contribution in [0.5, 0.6) is 5.75 Å². The highest BCUT2D eigenvalue weighted by molar-refractivity contribution is 9.10. The highest BCUT2D eigenvalue weighted by Gasteiger charge is 2.31. The smallest absolute Gasteiger partial charge is 0.123 e. The van der Waals surface area contributed by atoms with Crippen LogP contribution in [0.25, 0.3) is 0 Å². The van der Waals surface area contributed by atoms with E-state index in [4.69, 9.17) is 4.74 Å². The van der Waals surface area contributed by atoms with Crippen LogP contribution in [0.15, 0.2) is 22.7 Å². The molecular weight excluding hydrogens is 366 g/mol. The van der Waals surface area contributed by atoms with Gasteiger partial charge in [0, 0.05) is 16.3 Å². The lowest BCUT2D eigenvalue weighted by Crippen LogP contribution is -2.40. The minimum atomic E-state index is -1.24. The van der Waals surface area contributed by atoms with Gasteiger partial charge in [0.2, 0.25) is 0 Å². The van der Waals surface area contributed by atoms with E-state index >= 15 is 0 Å². The fraction of sp³-hybridized carbons (Fsp3) is 0.625. The van der Waals surface area contributed by atoms with E-state index in [0.29, 0.717) is 5.75 Å². The molecule has 0 saturated carbocycles. The molecule has 0 spiro atoms. The van der Waals surface area contributed by atoms with E-state index in [0.717, 1.165) is 16.0 Å². The summed E-state index contributed by atoms with van der Waals surface area (Å²) in [6, 6.07) is 5.02. The van der Waals surface area contributed by atoms with Crippen molar-refractivity contribution in [2.24, 2.45) is 5.92 Å². The maximum absolute atomic E-state index is 11.4. The first-order valence-corrected chi connectivity index (χ1v) is 9.49. The third-order valence-corrected chi connectivity index (χ3v) is 3.55. The van der Waals surface area contributed by atoms with Crippen molar-refractivity contribution in [1.29, 1.82) is 0 Å². The van der Waals surface area contributed by atoms with Crippen molar-refractivity contribution in [3.8, 4) is 5.75 Å². The first-order chi connectivity index (χ1) is 9.98. The van der Waals surface area contributed by atoms with Gasteiger partial charge < -0.3 is 9.84 Å². The number of benzene rings is 1. The Morgan fingerprint density at radius 2 is 1.82 bits per heavy atom. The number of aliphatic hydroxyl groups is 1. The third-order valence-electron chi connectivity index (χ3n) is 2.49. The molecule has 0 aliphatic rings. The van der Waals surface area contributed by atoms with Crippen LogP contribution in [0.4, 0.5) is 0 Å².